The highest BCUT2D eigenvalue weighted by Crippen LogP contribution is 2.27. The molecule has 6 nitrogen and oxygen atoms in total. The minimum absolute atomic E-state index is 0.0864. The molecule has 0 aliphatic rings. The summed E-state index contributed by atoms with van der Waals surface area (Å²) in [5.41, 5.74) is 2.71. The highest BCUT2D eigenvalue weighted by Gasteiger charge is 2.15. The Balaban J connectivity index is 1.68. The van der Waals surface area contributed by atoms with E-state index in [4.69, 9.17) is 40.2 Å². The van der Waals surface area contributed by atoms with Gasteiger partial charge in [-0.2, -0.15) is 0 Å². The average Bonchev–Trinajstić information content (AvgIpc) is 2.71. The minimum atomic E-state index is -3.79. The maximum absolute atomic E-state index is 12.6. The number of ether oxygens (including phenoxy) is 1. The number of anilines is 3. The van der Waals surface area contributed by atoms with Crippen LogP contribution in [0.15, 0.2) is 65.6 Å². The average molecular weight is 496 g/mol. The summed E-state index contributed by atoms with van der Waals surface area (Å²) in [5, 5.41) is 7.04. The fourth-order valence-corrected chi connectivity index (χ4v) is 4.27. The molecule has 0 saturated carbocycles. The molecule has 0 bridgehead atoms. The van der Waals surface area contributed by atoms with Crippen LogP contribution in [0.25, 0.3) is 0 Å². The van der Waals surface area contributed by atoms with E-state index < -0.39 is 10.0 Å². The van der Waals surface area contributed by atoms with Crippen molar-refractivity contribution in [1.82, 2.24) is 0 Å². The lowest BCUT2D eigenvalue weighted by Gasteiger charge is -2.14. The normalized spacial score (nSPS) is 11.0. The molecule has 31 heavy (non-hydrogen) atoms. The van der Waals surface area contributed by atoms with Crippen LogP contribution in [-0.4, -0.2) is 20.6 Å². The minimum Gasteiger partial charge on any atom is -0.495 e. The smallest absolute Gasteiger partial charge is 0.261 e. The summed E-state index contributed by atoms with van der Waals surface area (Å²) in [6.07, 6.45) is 0. The molecule has 3 aromatic carbocycles. The van der Waals surface area contributed by atoms with E-state index in [2.05, 4.69) is 15.4 Å². The van der Waals surface area contributed by atoms with Crippen molar-refractivity contribution in [1.29, 1.82) is 0 Å². The van der Waals surface area contributed by atoms with Gasteiger partial charge in [-0.25, -0.2) is 8.42 Å². The number of aryl methyl sites for hydroxylation is 1. The van der Waals surface area contributed by atoms with Gasteiger partial charge < -0.3 is 15.4 Å². The van der Waals surface area contributed by atoms with Crippen molar-refractivity contribution in [3.63, 3.8) is 0 Å². The Morgan fingerprint density at radius 1 is 0.903 bits per heavy atom. The molecule has 0 heterocycles. The van der Waals surface area contributed by atoms with Gasteiger partial charge in [-0.3, -0.25) is 4.72 Å². The predicted octanol–water partition coefficient (Wildman–Crippen LogP) is 5.92. The Morgan fingerprint density at radius 3 is 2.23 bits per heavy atom. The van der Waals surface area contributed by atoms with E-state index in [-0.39, 0.29) is 9.92 Å². The first-order chi connectivity index (χ1) is 14.7. The summed E-state index contributed by atoms with van der Waals surface area (Å²) >= 11 is 17.2. The molecular formula is C21H19Cl2N3O3S2. The van der Waals surface area contributed by atoms with Crippen molar-refractivity contribution in [2.75, 3.05) is 22.5 Å². The van der Waals surface area contributed by atoms with Gasteiger partial charge in [0.05, 0.1) is 33.4 Å². The van der Waals surface area contributed by atoms with E-state index >= 15 is 0 Å². The van der Waals surface area contributed by atoms with Crippen molar-refractivity contribution in [3.8, 4) is 5.75 Å². The summed E-state index contributed by atoms with van der Waals surface area (Å²) in [6, 6.07) is 16.4. The van der Waals surface area contributed by atoms with Gasteiger partial charge in [0.25, 0.3) is 10.0 Å². The van der Waals surface area contributed by atoms with Crippen LogP contribution in [0, 0.1) is 6.92 Å². The molecule has 0 fully saturated rings. The lowest BCUT2D eigenvalue weighted by atomic mass is 10.2. The van der Waals surface area contributed by atoms with Crippen LogP contribution in [0.4, 0.5) is 17.1 Å². The van der Waals surface area contributed by atoms with Gasteiger partial charge in [-0.15, -0.1) is 0 Å². The van der Waals surface area contributed by atoms with Crippen molar-refractivity contribution in [2.45, 2.75) is 11.8 Å². The SMILES string of the molecule is COc1ccc(C)cc1NC(=S)Nc1ccc(S(=O)(=O)Nc2ccc(Cl)c(Cl)c2)cc1. The molecule has 3 rings (SSSR count). The number of hydrogen-bond donors (Lipinski definition) is 3. The molecule has 0 amide bonds. The van der Waals surface area contributed by atoms with Crippen molar-refractivity contribution in [2.24, 2.45) is 0 Å². The maximum Gasteiger partial charge on any atom is 0.261 e. The summed E-state index contributed by atoms with van der Waals surface area (Å²) in [5.74, 6) is 0.657. The number of methoxy groups -OCH3 is 1. The lowest BCUT2D eigenvalue weighted by molar-refractivity contribution is 0.417. The first-order valence-corrected chi connectivity index (χ1v) is 11.6. The van der Waals surface area contributed by atoms with Crippen molar-refractivity contribution < 1.29 is 13.2 Å². The fraction of sp³-hybridized carbons (Fsp3) is 0.0952. The molecule has 0 unspecified atom stereocenters. The number of nitrogens with one attached hydrogen (secondary N) is 3. The molecule has 3 N–H and O–H groups in total. The molecule has 10 heteroatoms. The number of thiocarbonyl (C=S) groups is 1. The first kappa shape index (κ1) is 23.1. The van der Waals surface area contributed by atoms with E-state index in [1.807, 2.05) is 25.1 Å². The van der Waals surface area contributed by atoms with E-state index in [1.165, 1.54) is 30.3 Å². The fourth-order valence-electron chi connectivity index (χ4n) is 2.70. The zero-order chi connectivity index (χ0) is 22.6. The summed E-state index contributed by atoms with van der Waals surface area (Å²) < 4.78 is 33.0. The Hall–Kier alpha value is -2.52. The third kappa shape index (κ3) is 6.01. The number of rotatable bonds is 6. The second kappa shape index (κ2) is 9.74. The molecule has 162 valence electrons. The monoisotopic (exact) mass is 495 g/mol. The summed E-state index contributed by atoms with van der Waals surface area (Å²) in [7, 11) is -2.21. The third-order valence-corrected chi connectivity index (χ3v) is 6.54. The zero-order valence-corrected chi connectivity index (χ0v) is 19.7. The quantitative estimate of drug-likeness (QED) is 0.368. The van der Waals surface area contributed by atoms with Gasteiger partial charge in [0.2, 0.25) is 0 Å². The Bertz CT molecular complexity index is 1220. The third-order valence-electron chi connectivity index (χ3n) is 4.20. The molecule has 0 aromatic heterocycles. The van der Waals surface area contributed by atoms with Crippen LogP contribution in [0.2, 0.25) is 10.0 Å². The number of hydrogen-bond acceptors (Lipinski definition) is 4. The molecule has 0 aliphatic heterocycles. The van der Waals surface area contributed by atoms with Crippen LogP contribution in [0.5, 0.6) is 5.75 Å². The van der Waals surface area contributed by atoms with Crippen LogP contribution in [-0.2, 0) is 10.0 Å². The molecule has 0 radical (unpaired) electrons. The van der Waals surface area contributed by atoms with E-state index in [0.29, 0.717) is 27.3 Å². The van der Waals surface area contributed by atoms with Crippen molar-refractivity contribution >= 4 is 67.6 Å². The number of halogens is 2. The Morgan fingerprint density at radius 2 is 1.58 bits per heavy atom. The number of sulfonamides is 1. The van der Waals surface area contributed by atoms with Crippen LogP contribution in [0.1, 0.15) is 5.56 Å². The van der Waals surface area contributed by atoms with Crippen molar-refractivity contribution in [3.05, 3.63) is 76.3 Å². The van der Waals surface area contributed by atoms with Crippen LogP contribution >= 0.6 is 35.4 Å². The first-order valence-electron chi connectivity index (χ1n) is 8.98. The highest BCUT2D eigenvalue weighted by atomic mass is 35.5. The van der Waals surface area contributed by atoms with Gasteiger partial charge in [0.15, 0.2) is 5.11 Å². The van der Waals surface area contributed by atoms with E-state index in [1.54, 1.807) is 19.2 Å². The second-order valence-electron chi connectivity index (χ2n) is 6.54. The topological polar surface area (TPSA) is 79.5 Å². The lowest BCUT2D eigenvalue weighted by Crippen LogP contribution is -2.19. The van der Waals surface area contributed by atoms with Crippen LogP contribution in [0.3, 0.4) is 0 Å². The summed E-state index contributed by atoms with van der Waals surface area (Å²) in [4.78, 5) is 0.0864. The van der Waals surface area contributed by atoms with Gasteiger partial charge in [0, 0.05) is 5.69 Å². The van der Waals surface area contributed by atoms with Gasteiger partial charge >= 0.3 is 0 Å². The molecular weight excluding hydrogens is 477 g/mol. The largest absolute Gasteiger partial charge is 0.495 e. The van der Waals surface area contributed by atoms with Gasteiger partial charge in [-0.1, -0.05) is 29.3 Å². The molecule has 0 atom stereocenters. The van der Waals surface area contributed by atoms with E-state index in [0.717, 1.165) is 11.3 Å². The summed E-state index contributed by atoms with van der Waals surface area (Å²) in [6.45, 7) is 1.96. The van der Waals surface area contributed by atoms with E-state index in [9.17, 15) is 8.42 Å². The predicted molar refractivity (Wildman–Crippen MR) is 131 cm³/mol. The molecule has 0 aliphatic carbocycles. The molecule has 0 saturated heterocycles. The maximum atomic E-state index is 12.6. The zero-order valence-electron chi connectivity index (χ0n) is 16.6. The van der Waals surface area contributed by atoms with Gasteiger partial charge in [-0.05, 0) is 79.3 Å². The standard InChI is InChI=1S/C21H19Cl2N3O3S2/c1-13-3-10-20(29-2)19(11-13)25-21(30)24-14-4-7-16(8-5-14)31(27,28)26-15-6-9-17(22)18(23)12-15/h3-12,26H,1-2H3,(H2,24,25,30). The van der Waals surface area contributed by atoms with Gasteiger partial charge in [0.1, 0.15) is 5.75 Å². The number of benzene rings is 3. The second-order valence-corrected chi connectivity index (χ2v) is 9.45. The Kier molecular flexibility index (Phi) is 7.27. The molecule has 3 aromatic rings. The molecule has 0 spiro atoms. The Labute approximate surface area is 196 Å². The van der Waals surface area contributed by atoms with Crippen LogP contribution < -0.4 is 20.1 Å². The highest BCUT2D eigenvalue weighted by molar-refractivity contribution is 7.92.